The molecule has 2 N–H and O–H groups in total. The van der Waals surface area contributed by atoms with Crippen molar-refractivity contribution in [2.45, 2.75) is 19.8 Å². The van der Waals surface area contributed by atoms with Gasteiger partial charge < -0.3 is 14.9 Å². The number of nitrogens with zero attached hydrogens (tertiary/aromatic N) is 1. The largest absolute Gasteiger partial charge is 0.487 e. The second-order valence-corrected chi connectivity index (χ2v) is 3.84. The second-order valence-electron chi connectivity index (χ2n) is 3.84. The first kappa shape index (κ1) is 12.5. The molecule has 0 aliphatic rings. The van der Waals surface area contributed by atoms with Crippen molar-refractivity contribution in [3.05, 3.63) is 59.4 Å². The van der Waals surface area contributed by atoms with Crippen molar-refractivity contribution in [2.24, 2.45) is 0 Å². The molecule has 2 rings (SSSR count). The van der Waals surface area contributed by atoms with Crippen LogP contribution in [0.4, 0.5) is 0 Å². The smallest absolute Gasteiger partial charge is 0.149 e. The Labute approximate surface area is 106 Å². The quantitative estimate of drug-likeness (QED) is 0.840. The third kappa shape index (κ3) is 2.85. The summed E-state index contributed by atoms with van der Waals surface area (Å²) in [6, 6.07) is 11.4. The average molecular weight is 245 g/mol. The maximum atomic E-state index is 9.25. The van der Waals surface area contributed by atoms with Crippen molar-refractivity contribution < 1.29 is 14.9 Å². The normalized spacial score (nSPS) is 10.3. The third-order valence-electron chi connectivity index (χ3n) is 2.61. The molecule has 1 heterocycles. The standard InChI is InChI=1S/C14H15NO3/c16-8-12-6-7-15-13(9-17)14(12)18-10-11-4-2-1-3-5-11/h1-7,16-17H,8-10H2. The van der Waals surface area contributed by atoms with Gasteiger partial charge in [-0.25, -0.2) is 0 Å². The van der Waals surface area contributed by atoms with Gasteiger partial charge in [0.05, 0.1) is 13.2 Å². The van der Waals surface area contributed by atoms with Gasteiger partial charge in [-0.3, -0.25) is 4.98 Å². The molecule has 1 aromatic carbocycles. The Balaban J connectivity index is 2.17. The molecule has 2 aromatic rings. The van der Waals surface area contributed by atoms with Crippen LogP contribution in [0.15, 0.2) is 42.6 Å². The summed E-state index contributed by atoms with van der Waals surface area (Å²) in [5, 5.41) is 18.5. The number of aliphatic hydroxyl groups is 2. The topological polar surface area (TPSA) is 62.6 Å². The van der Waals surface area contributed by atoms with Crippen LogP contribution in [0.1, 0.15) is 16.8 Å². The van der Waals surface area contributed by atoms with Gasteiger partial charge in [-0.2, -0.15) is 0 Å². The van der Waals surface area contributed by atoms with Gasteiger partial charge in [0.1, 0.15) is 18.1 Å². The van der Waals surface area contributed by atoms with Crippen LogP contribution in [0.5, 0.6) is 5.75 Å². The van der Waals surface area contributed by atoms with Crippen LogP contribution in [0.3, 0.4) is 0 Å². The fourth-order valence-corrected chi connectivity index (χ4v) is 1.68. The molecule has 4 heteroatoms. The van der Waals surface area contributed by atoms with Gasteiger partial charge in [0, 0.05) is 11.8 Å². The Bertz CT molecular complexity index is 477. The van der Waals surface area contributed by atoms with Crippen LogP contribution in [0.25, 0.3) is 0 Å². The van der Waals surface area contributed by atoms with Crippen LogP contribution < -0.4 is 4.74 Å². The van der Waals surface area contributed by atoms with Crippen molar-refractivity contribution in [2.75, 3.05) is 0 Å². The number of aromatic nitrogens is 1. The van der Waals surface area contributed by atoms with Crippen molar-refractivity contribution >= 4 is 0 Å². The van der Waals surface area contributed by atoms with Gasteiger partial charge >= 0.3 is 0 Å². The molecular weight excluding hydrogens is 230 g/mol. The van der Waals surface area contributed by atoms with Crippen LogP contribution in [0, 0.1) is 0 Å². The lowest BCUT2D eigenvalue weighted by Crippen LogP contribution is -2.04. The first-order chi connectivity index (χ1) is 8.85. The number of hydrogen-bond donors (Lipinski definition) is 2. The number of hydrogen-bond acceptors (Lipinski definition) is 4. The van der Waals surface area contributed by atoms with Gasteiger partial charge in [0.2, 0.25) is 0 Å². The summed E-state index contributed by atoms with van der Waals surface area (Å²) in [6.07, 6.45) is 1.55. The molecule has 0 fully saturated rings. The first-order valence-electron chi connectivity index (χ1n) is 5.70. The van der Waals surface area contributed by atoms with E-state index >= 15 is 0 Å². The van der Waals surface area contributed by atoms with Crippen LogP contribution in [-0.2, 0) is 19.8 Å². The number of pyridine rings is 1. The molecule has 0 unspecified atom stereocenters. The molecular formula is C14H15NO3. The monoisotopic (exact) mass is 245 g/mol. The number of benzene rings is 1. The highest BCUT2D eigenvalue weighted by Gasteiger charge is 2.10. The molecule has 18 heavy (non-hydrogen) atoms. The van der Waals surface area contributed by atoms with E-state index in [0.29, 0.717) is 23.6 Å². The lowest BCUT2D eigenvalue weighted by Gasteiger charge is -2.12. The highest BCUT2D eigenvalue weighted by molar-refractivity contribution is 5.36. The Kier molecular flexibility index (Phi) is 4.28. The first-order valence-corrected chi connectivity index (χ1v) is 5.70. The maximum Gasteiger partial charge on any atom is 0.149 e. The summed E-state index contributed by atoms with van der Waals surface area (Å²) in [6.45, 7) is 0.0319. The average Bonchev–Trinajstić information content (AvgIpc) is 2.45. The van der Waals surface area contributed by atoms with Gasteiger partial charge in [-0.1, -0.05) is 30.3 Å². The zero-order valence-electron chi connectivity index (χ0n) is 9.91. The molecule has 0 aliphatic carbocycles. The highest BCUT2D eigenvalue weighted by atomic mass is 16.5. The predicted molar refractivity (Wildman–Crippen MR) is 66.9 cm³/mol. The lowest BCUT2D eigenvalue weighted by atomic mass is 10.2. The van der Waals surface area contributed by atoms with Crippen molar-refractivity contribution in [1.29, 1.82) is 0 Å². The van der Waals surface area contributed by atoms with Gasteiger partial charge in [0.15, 0.2) is 0 Å². The van der Waals surface area contributed by atoms with Gasteiger partial charge in [-0.15, -0.1) is 0 Å². The van der Waals surface area contributed by atoms with Crippen molar-refractivity contribution in [3.63, 3.8) is 0 Å². The van der Waals surface area contributed by atoms with Crippen molar-refractivity contribution in [1.82, 2.24) is 4.98 Å². The molecule has 0 saturated carbocycles. The molecule has 94 valence electrons. The van der Waals surface area contributed by atoms with E-state index in [1.54, 1.807) is 12.3 Å². The minimum absolute atomic E-state index is 0.139. The molecule has 1 aromatic heterocycles. The predicted octanol–water partition coefficient (Wildman–Crippen LogP) is 1.65. The minimum atomic E-state index is -0.210. The number of ether oxygens (including phenoxy) is 1. The van der Waals surface area contributed by atoms with Crippen LogP contribution in [-0.4, -0.2) is 15.2 Å². The molecule has 0 saturated heterocycles. The second kappa shape index (κ2) is 6.14. The Morgan fingerprint density at radius 3 is 2.44 bits per heavy atom. The van der Waals surface area contributed by atoms with E-state index in [1.807, 2.05) is 30.3 Å². The fraction of sp³-hybridized carbons (Fsp3) is 0.214. The summed E-state index contributed by atoms with van der Waals surface area (Å²) in [7, 11) is 0. The lowest BCUT2D eigenvalue weighted by molar-refractivity contribution is 0.238. The van der Waals surface area contributed by atoms with E-state index in [-0.39, 0.29) is 13.2 Å². The highest BCUT2D eigenvalue weighted by Crippen LogP contribution is 2.23. The summed E-state index contributed by atoms with van der Waals surface area (Å²) in [5.41, 5.74) is 2.09. The van der Waals surface area contributed by atoms with E-state index in [2.05, 4.69) is 4.98 Å². The third-order valence-corrected chi connectivity index (χ3v) is 2.61. The SMILES string of the molecule is OCc1ccnc(CO)c1OCc1ccccc1. The zero-order chi connectivity index (χ0) is 12.8. The van der Waals surface area contributed by atoms with Crippen LogP contribution in [0.2, 0.25) is 0 Å². The Morgan fingerprint density at radius 2 is 1.78 bits per heavy atom. The molecule has 4 nitrogen and oxygen atoms in total. The molecule has 0 bridgehead atoms. The van der Waals surface area contributed by atoms with E-state index in [9.17, 15) is 10.2 Å². The minimum Gasteiger partial charge on any atom is -0.487 e. The van der Waals surface area contributed by atoms with E-state index in [0.717, 1.165) is 5.56 Å². The maximum absolute atomic E-state index is 9.25. The van der Waals surface area contributed by atoms with Crippen molar-refractivity contribution in [3.8, 4) is 5.75 Å². The zero-order valence-corrected chi connectivity index (χ0v) is 9.91. The Morgan fingerprint density at radius 1 is 1.00 bits per heavy atom. The Hall–Kier alpha value is -1.91. The van der Waals surface area contributed by atoms with Gasteiger partial charge in [-0.05, 0) is 11.6 Å². The summed E-state index contributed by atoms with van der Waals surface area (Å²) < 4.78 is 5.65. The molecule has 0 spiro atoms. The fourth-order valence-electron chi connectivity index (χ4n) is 1.68. The summed E-state index contributed by atoms with van der Waals surface area (Å²) in [4.78, 5) is 4.03. The molecule has 0 amide bonds. The van der Waals surface area contributed by atoms with E-state index in [1.165, 1.54) is 0 Å². The van der Waals surface area contributed by atoms with Crippen LogP contribution >= 0.6 is 0 Å². The summed E-state index contributed by atoms with van der Waals surface area (Å²) >= 11 is 0. The summed E-state index contributed by atoms with van der Waals surface area (Å²) in [5.74, 6) is 0.464. The van der Waals surface area contributed by atoms with E-state index in [4.69, 9.17) is 4.74 Å². The van der Waals surface area contributed by atoms with Gasteiger partial charge in [0.25, 0.3) is 0 Å². The number of aliphatic hydroxyl groups excluding tert-OH is 2. The molecule has 0 radical (unpaired) electrons. The number of rotatable bonds is 5. The van der Waals surface area contributed by atoms with E-state index < -0.39 is 0 Å². The molecule has 0 atom stereocenters. The molecule has 0 aliphatic heterocycles.